The molecule has 0 heterocycles. The molecule has 0 saturated heterocycles. The van der Waals surface area contributed by atoms with E-state index in [0.717, 1.165) is 0 Å². The number of hydrogen-bond donors (Lipinski definition) is 1. The molecule has 0 aromatic rings. The fourth-order valence-corrected chi connectivity index (χ4v) is 0. The van der Waals surface area contributed by atoms with Gasteiger partial charge in [-0.25, -0.2) is 0 Å². The Kier molecular flexibility index (Phi) is 239. The summed E-state index contributed by atoms with van der Waals surface area (Å²) in [4.78, 5) is 0. The van der Waals surface area contributed by atoms with Crippen molar-refractivity contribution >= 4 is 0 Å². The first-order valence-electron chi connectivity index (χ1n) is 0. The zero-order chi connectivity index (χ0) is 0. The van der Waals surface area contributed by atoms with Gasteiger partial charge in [0.2, 0.25) is 0 Å². The second-order valence-corrected chi connectivity index (χ2v) is 0. The third-order valence-electron chi connectivity index (χ3n) is 0. The quantitative estimate of drug-likeness (QED) is 0.524. The summed E-state index contributed by atoms with van der Waals surface area (Å²) < 4.78 is 0. The molecule has 0 spiro atoms. The van der Waals surface area contributed by atoms with Crippen LogP contribution in [0.2, 0.25) is 0 Å². The number of rotatable bonds is 0. The molecule has 0 rings (SSSR count). The minimum atomic E-state index is 0. The van der Waals surface area contributed by atoms with Crippen molar-refractivity contribution in [3.05, 3.63) is 0 Å². The van der Waals surface area contributed by atoms with Gasteiger partial charge in [-0.05, 0) is 0 Å². The molecule has 3 N–H and O–H groups in total. The summed E-state index contributed by atoms with van der Waals surface area (Å²) in [6, 6.07) is 0. The topological polar surface area (TPSA) is 35.0 Å². The Morgan fingerprint density at radius 3 is 0.750 bits per heavy atom. The molecule has 0 fully saturated rings. The van der Waals surface area contributed by atoms with Crippen molar-refractivity contribution in [2.45, 2.75) is 0 Å². The van der Waals surface area contributed by atoms with E-state index in [1.54, 1.807) is 0 Å². The van der Waals surface area contributed by atoms with E-state index < -0.39 is 0 Å². The molecular weight excluding hydrogens is 174 g/mol. The summed E-state index contributed by atoms with van der Waals surface area (Å²) in [6.45, 7) is 0. The Hall–Kier alpha value is 1.71. The third kappa shape index (κ3) is 9.31. The molecule has 4 heavy (non-hydrogen) atoms. The van der Waals surface area contributed by atoms with Crippen molar-refractivity contribution in [2.24, 2.45) is 0 Å². The largest absolute Gasteiger partial charge is 0.344 e. The zero-order valence-electron chi connectivity index (χ0n) is 1.91. The fourth-order valence-electron chi connectivity index (χ4n) is 0. The van der Waals surface area contributed by atoms with Crippen LogP contribution in [0.3, 0.4) is 0 Å². The molecule has 0 aliphatic carbocycles. The molecule has 0 bridgehead atoms. The predicted molar refractivity (Wildman–Crippen MR) is 5.02 cm³/mol. The molecule has 0 aliphatic heterocycles. The Labute approximate surface area is 61.7 Å². The summed E-state index contributed by atoms with van der Waals surface area (Å²) >= 11 is 0. The van der Waals surface area contributed by atoms with E-state index in [2.05, 4.69) is 0 Å². The summed E-state index contributed by atoms with van der Waals surface area (Å²) in [5.41, 5.74) is 0. The van der Waals surface area contributed by atoms with Gasteiger partial charge in [-0.15, -0.1) is 0 Å². The Morgan fingerprint density at radius 2 is 0.750 bits per heavy atom. The maximum Gasteiger partial charge on any atom is 0 e. The van der Waals surface area contributed by atoms with Crippen molar-refractivity contribution in [3.63, 3.8) is 0 Å². The normalized spacial score (nSPS) is 0. The van der Waals surface area contributed by atoms with Crippen LogP contribution in [-0.4, -0.2) is 0 Å². The average molecular weight is 177 g/mol. The van der Waals surface area contributed by atoms with E-state index in [4.69, 9.17) is 0 Å². The second kappa shape index (κ2) is 22.1. The summed E-state index contributed by atoms with van der Waals surface area (Å²) in [6.07, 6.45) is 0. The molecule has 0 amide bonds. The van der Waals surface area contributed by atoms with Gasteiger partial charge in [0.25, 0.3) is 0 Å². The van der Waals surface area contributed by atoms with Gasteiger partial charge >= 0.3 is 0 Å². The molecule has 1 nitrogen and oxygen atoms in total. The van der Waals surface area contributed by atoms with Crippen molar-refractivity contribution < 1.29 is 55.9 Å². The van der Waals surface area contributed by atoms with E-state index in [9.17, 15) is 0 Å². The van der Waals surface area contributed by atoms with Gasteiger partial charge in [-0.1, -0.05) is 0 Å². The van der Waals surface area contributed by atoms with Gasteiger partial charge in [0.15, 0.2) is 0 Å². The fraction of sp³-hybridized carbons (Fsp3) is 0. The van der Waals surface area contributed by atoms with E-state index in [0.29, 0.717) is 0 Å². The van der Waals surface area contributed by atoms with Crippen LogP contribution in [-0.2, 0) is 55.9 Å². The van der Waals surface area contributed by atoms with Crippen LogP contribution in [0.25, 0.3) is 0 Å². The van der Waals surface area contributed by atoms with Crippen LogP contribution in [0.4, 0.5) is 0 Å². The standard InChI is InChI=1S/2Fe.H3N.Ti/h;;1H3;. The van der Waals surface area contributed by atoms with E-state index in [1.165, 1.54) is 0 Å². The van der Waals surface area contributed by atoms with Crippen LogP contribution < -0.4 is 6.15 Å². The van der Waals surface area contributed by atoms with E-state index in [-0.39, 0.29) is 62.0 Å². The van der Waals surface area contributed by atoms with Crippen molar-refractivity contribution in [1.82, 2.24) is 6.15 Å². The summed E-state index contributed by atoms with van der Waals surface area (Å²) in [5.74, 6) is 0. The molecule has 28 valence electrons. The maximum atomic E-state index is 0. The van der Waals surface area contributed by atoms with Crippen molar-refractivity contribution in [2.75, 3.05) is 0 Å². The van der Waals surface area contributed by atoms with Crippen LogP contribution in [0.1, 0.15) is 0 Å². The monoisotopic (exact) mass is 177 g/mol. The Balaban J connectivity index is 0. The summed E-state index contributed by atoms with van der Waals surface area (Å²) in [7, 11) is 0. The van der Waals surface area contributed by atoms with Crippen LogP contribution in [0, 0.1) is 0 Å². The van der Waals surface area contributed by atoms with Gasteiger partial charge in [-0.3, -0.25) is 0 Å². The van der Waals surface area contributed by atoms with Gasteiger partial charge in [0.1, 0.15) is 0 Å². The second-order valence-electron chi connectivity index (χ2n) is 0. The van der Waals surface area contributed by atoms with Gasteiger partial charge in [-0.2, -0.15) is 0 Å². The first kappa shape index (κ1) is 43.2. The van der Waals surface area contributed by atoms with Crippen LogP contribution in [0.15, 0.2) is 0 Å². The SMILES string of the molecule is N.[Fe].[Fe].[Ti]. The first-order valence-corrected chi connectivity index (χ1v) is 0. The minimum Gasteiger partial charge on any atom is -0.344 e. The molecule has 0 aromatic carbocycles. The smallest absolute Gasteiger partial charge is 0 e. The number of hydrogen-bond acceptors (Lipinski definition) is 1. The first-order chi connectivity index (χ1) is 0. The van der Waals surface area contributed by atoms with Gasteiger partial charge < -0.3 is 6.15 Å². The molecule has 0 radical (unpaired) electrons. The molecule has 0 saturated carbocycles. The molecular formula is H3Fe2NTi. The maximum absolute atomic E-state index is 0. The summed E-state index contributed by atoms with van der Waals surface area (Å²) in [5, 5.41) is 0. The molecule has 4 heteroatoms. The predicted octanol–water partition coefficient (Wildman–Crippen LogP) is 0.154. The van der Waals surface area contributed by atoms with Crippen molar-refractivity contribution in [3.8, 4) is 0 Å². The van der Waals surface area contributed by atoms with Crippen LogP contribution in [0.5, 0.6) is 0 Å². The zero-order valence-corrected chi connectivity index (χ0v) is 5.68. The Bertz CT molecular complexity index is 6.00. The van der Waals surface area contributed by atoms with Crippen LogP contribution >= 0.6 is 0 Å². The minimum absolute atomic E-state index is 0. The molecule has 0 unspecified atom stereocenters. The average Bonchev–Trinajstić information content (AvgIpc) is 0. The third-order valence-corrected chi connectivity index (χ3v) is 0. The van der Waals surface area contributed by atoms with E-state index >= 15 is 0 Å². The molecule has 0 aromatic heterocycles. The van der Waals surface area contributed by atoms with E-state index in [1.807, 2.05) is 0 Å². The molecule has 0 aliphatic rings. The van der Waals surface area contributed by atoms with Crippen molar-refractivity contribution in [1.29, 1.82) is 0 Å². The van der Waals surface area contributed by atoms with Gasteiger partial charge in [0, 0.05) is 55.9 Å². The van der Waals surface area contributed by atoms with Gasteiger partial charge in [0.05, 0.1) is 0 Å². The molecule has 0 atom stereocenters. The Morgan fingerprint density at radius 1 is 0.750 bits per heavy atom.